The molecule has 0 saturated carbocycles. The highest BCUT2D eigenvalue weighted by atomic mass is 32.2. The lowest BCUT2D eigenvalue weighted by atomic mass is 10.1. The summed E-state index contributed by atoms with van der Waals surface area (Å²) in [4.78, 5) is 24.8. The van der Waals surface area contributed by atoms with Crippen LogP contribution in [0.1, 0.15) is 43.1 Å². The molecule has 0 fully saturated rings. The Labute approximate surface area is 194 Å². The predicted octanol–water partition coefficient (Wildman–Crippen LogP) is 3.14. The van der Waals surface area contributed by atoms with Gasteiger partial charge in [0.1, 0.15) is 0 Å². The van der Waals surface area contributed by atoms with Crippen LogP contribution in [0, 0.1) is 0 Å². The minimum Gasteiger partial charge on any atom is -0.493 e. The first-order valence-corrected chi connectivity index (χ1v) is 11.7. The maximum atomic E-state index is 12.5. The van der Waals surface area contributed by atoms with Crippen LogP contribution in [0.15, 0.2) is 41.3 Å². The monoisotopic (exact) mass is 478 g/mol. The summed E-state index contributed by atoms with van der Waals surface area (Å²) < 4.78 is 42.6. The van der Waals surface area contributed by atoms with Gasteiger partial charge in [-0.25, -0.2) is 17.9 Å². The third kappa shape index (κ3) is 7.19. The quantitative estimate of drug-likeness (QED) is 0.531. The van der Waals surface area contributed by atoms with Crippen molar-refractivity contribution in [1.82, 2.24) is 4.72 Å². The van der Waals surface area contributed by atoms with Gasteiger partial charge >= 0.3 is 5.97 Å². The summed E-state index contributed by atoms with van der Waals surface area (Å²) >= 11 is 0. The highest BCUT2D eigenvalue weighted by Gasteiger charge is 2.22. The van der Waals surface area contributed by atoms with E-state index >= 15 is 0 Å². The number of carbonyl (C=O) groups excluding carboxylic acids is 2. The van der Waals surface area contributed by atoms with E-state index in [0.29, 0.717) is 17.9 Å². The number of aryl methyl sites for hydroxylation is 1. The molecular formula is C23H30N2O7S. The van der Waals surface area contributed by atoms with Crippen LogP contribution in [0.5, 0.6) is 11.5 Å². The number of hydrogen-bond donors (Lipinski definition) is 2. The zero-order valence-electron chi connectivity index (χ0n) is 19.6. The van der Waals surface area contributed by atoms with Gasteiger partial charge in [-0.15, -0.1) is 0 Å². The van der Waals surface area contributed by atoms with Gasteiger partial charge in [-0.2, -0.15) is 0 Å². The second kappa shape index (κ2) is 10.7. The largest absolute Gasteiger partial charge is 0.493 e. The van der Waals surface area contributed by atoms with Crippen molar-refractivity contribution in [1.29, 1.82) is 0 Å². The van der Waals surface area contributed by atoms with Crippen molar-refractivity contribution >= 4 is 27.6 Å². The first-order chi connectivity index (χ1) is 15.4. The number of anilines is 1. The third-order valence-electron chi connectivity index (χ3n) is 4.52. The van der Waals surface area contributed by atoms with E-state index in [-0.39, 0.29) is 28.5 Å². The van der Waals surface area contributed by atoms with E-state index in [9.17, 15) is 18.0 Å². The van der Waals surface area contributed by atoms with Crippen molar-refractivity contribution in [2.45, 2.75) is 44.0 Å². The molecule has 0 unspecified atom stereocenters. The molecule has 9 nitrogen and oxygen atoms in total. The average Bonchev–Trinajstić information content (AvgIpc) is 2.75. The van der Waals surface area contributed by atoms with Gasteiger partial charge in [-0.05, 0) is 44.9 Å². The Morgan fingerprint density at radius 2 is 1.52 bits per heavy atom. The summed E-state index contributed by atoms with van der Waals surface area (Å²) in [5.41, 5.74) is 0.562. The van der Waals surface area contributed by atoms with E-state index in [1.54, 1.807) is 32.9 Å². The van der Waals surface area contributed by atoms with E-state index < -0.39 is 21.5 Å². The van der Waals surface area contributed by atoms with Crippen molar-refractivity contribution < 1.29 is 32.2 Å². The normalized spacial score (nSPS) is 11.6. The molecule has 2 rings (SSSR count). The zero-order chi connectivity index (χ0) is 24.8. The Morgan fingerprint density at radius 3 is 2.03 bits per heavy atom. The second-order valence-electron chi connectivity index (χ2n) is 8.29. The fourth-order valence-electron chi connectivity index (χ4n) is 3.03. The number of rotatable bonds is 9. The van der Waals surface area contributed by atoms with Crippen molar-refractivity contribution in [2.24, 2.45) is 0 Å². The maximum Gasteiger partial charge on any atom is 0.340 e. The molecule has 0 saturated heterocycles. The Hall–Kier alpha value is -3.11. The Balaban J connectivity index is 2.11. The molecule has 0 aromatic heterocycles. The molecule has 0 atom stereocenters. The van der Waals surface area contributed by atoms with Crippen LogP contribution < -0.4 is 19.5 Å². The third-order valence-corrected chi connectivity index (χ3v) is 6.29. The summed E-state index contributed by atoms with van der Waals surface area (Å²) in [5, 5.41) is 2.70. The molecule has 10 heteroatoms. The lowest BCUT2D eigenvalue weighted by Gasteiger charge is -2.20. The molecular weight excluding hydrogens is 448 g/mol. The van der Waals surface area contributed by atoms with Gasteiger partial charge in [0.05, 0.1) is 37.5 Å². The van der Waals surface area contributed by atoms with E-state index in [2.05, 4.69) is 10.0 Å². The number of nitrogens with one attached hydrogen (secondary N) is 2. The molecule has 0 aliphatic rings. The number of ether oxygens (including phenoxy) is 3. The van der Waals surface area contributed by atoms with Crippen LogP contribution >= 0.6 is 0 Å². The molecule has 2 N–H and O–H groups in total. The van der Waals surface area contributed by atoms with E-state index in [1.165, 1.54) is 45.6 Å². The van der Waals surface area contributed by atoms with Crippen LogP contribution in [0.3, 0.4) is 0 Å². The van der Waals surface area contributed by atoms with Gasteiger partial charge < -0.3 is 19.5 Å². The summed E-state index contributed by atoms with van der Waals surface area (Å²) in [6.45, 7) is 5.30. The van der Waals surface area contributed by atoms with Gasteiger partial charge in [0.15, 0.2) is 11.5 Å². The molecule has 2 aromatic carbocycles. The van der Waals surface area contributed by atoms with Crippen molar-refractivity contribution in [3.05, 3.63) is 47.5 Å². The number of hydrogen-bond acceptors (Lipinski definition) is 7. The predicted molar refractivity (Wildman–Crippen MR) is 124 cm³/mol. The minimum absolute atomic E-state index is 0.112. The summed E-state index contributed by atoms with van der Waals surface area (Å²) in [7, 11) is 0.496. The van der Waals surface area contributed by atoms with Gasteiger partial charge in [-0.1, -0.05) is 12.1 Å². The average molecular weight is 479 g/mol. The fourth-order valence-corrected chi connectivity index (χ4v) is 4.45. The number of sulfonamides is 1. The minimum atomic E-state index is -3.63. The number of carbonyl (C=O) groups is 2. The lowest BCUT2D eigenvalue weighted by Crippen LogP contribution is -2.40. The molecule has 0 spiro atoms. The molecule has 180 valence electrons. The fraction of sp³-hybridized carbons (Fsp3) is 0.391. The van der Waals surface area contributed by atoms with Gasteiger partial charge in [0, 0.05) is 24.1 Å². The number of amides is 1. The van der Waals surface area contributed by atoms with Crippen molar-refractivity contribution in [2.75, 3.05) is 26.6 Å². The number of methoxy groups -OCH3 is 3. The highest BCUT2D eigenvalue weighted by molar-refractivity contribution is 7.89. The lowest BCUT2D eigenvalue weighted by molar-refractivity contribution is -0.116. The Kier molecular flexibility index (Phi) is 8.45. The summed E-state index contributed by atoms with van der Waals surface area (Å²) in [5.74, 6) is -0.293. The van der Waals surface area contributed by atoms with Crippen LogP contribution in [0.2, 0.25) is 0 Å². The van der Waals surface area contributed by atoms with Crippen LogP contribution in [-0.4, -0.2) is 47.2 Å². The Morgan fingerprint density at radius 1 is 0.939 bits per heavy atom. The first-order valence-electron chi connectivity index (χ1n) is 10.2. The summed E-state index contributed by atoms with van der Waals surface area (Å²) in [6, 6.07) is 9.27. The molecule has 33 heavy (non-hydrogen) atoms. The van der Waals surface area contributed by atoms with Crippen LogP contribution in [0.25, 0.3) is 0 Å². The first kappa shape index (κ1) is 26.1. The van der Waals surface area contributed by atoms with Gasteiger partial charge in [-0.3, -0.25) is 4.79 Å². The molecule has 0 heterocycles. The molecule has 0 aliphatic carbocycles. The highest BCUT2D eigenvalue weighted by Crippen LogP contribution is 2.34. The molecule has 0 bridgehead atoms. The van der Waals surface area contributed by atoms with Gasteiger partial charge in [0.25, 0.3) is 0 Å². The van der Waals surface area contributed by atoms with Crippen molar-refractivity contribution in [3.63, 3.8) is 0 Å². The van der Waals surface area contributed by atoms with Gasteiger partial charge in [0.2, 0.25) is 15.9 Å². The molecule has 0 aliphatic heterocycles. The van der Waals surface area contributed by atoms with Crippen LogP contribution in [0.4, 0.5) is 5.69 Å². The topological polar surface area (TPSA) is 120 Å². The number of benzene rings is 2. The number of esters is 1. The second-order valence-corrected chi connectivity index (χ2v) is 9.97. The standard InChI is InChI=1S/C23H30N2O7S/c1-23(2,3)25-33(28,29)16-10-7-15(8-11-16)9-12-21(26)24-18-14-20(31-5)19(30-4)13-17(18)22(27)32-6/h7-8,10-11,13-14,25H,9,12H2,1-6H3,(H,24,26). The summed E-state index contributed by atoms with van der Waals surface area (Å²) in [6.07, 6.45) is 0.487. The smallest absolute Gasteiger partial charge is 0.340 e. The zero-order valence-corrected chi connectivity index (χ0v) is 20.5. The van der Waals surface area contributed by atoms with Crippen LogP contribution in [-0.2, 0) is 26.0 Å². The molecule has 2 aromatic rings. The van der Waals surface area contributed by atoms with E-state index in [0.717, 1.165) is 5.56 Å². The molecule has 0 radical (unpaired) electrons. The SMILES string of the molecule is COC(=O)c1cc(OC)c(OC)cc1NC(=O)CCc1ccc(S(=O)(=O)NC(C)(C)C)cc1. The van der Waals surface area contributed by atoms with E-state index in [4.69, 9.17) is 14.2 Å². The Bertz CT molecular complexity index is 1100. The van der Waals surface area contributed by atoms with Crippen molar-refractivity contribution in [3.8, 4) is 11.5 Å². The van der Waals surface area contributed by atoms with E-state index in [1.807, 2.05) is 0 Å². The maximum absolute atomic E-state index is 12.5. The molecule has 1 amide bonds.